The standard InChI is InChI=1S/C15H15N3OS/c1-15(2,3)12-9-20-14(17-12)18-13(19)11-6-4-10(8-16)5-7-11/h4-7,9H,1-3H3,(H,17,18,19). The molecule has 0 aliphatic heterocycles. The molecule has 0 fully saturated rings. The number of anilines is 1. The number of rotatable bonds is 2. The van der Waals surface area contributed by atoms with Crippen LogP contribution in [0.2, 0.25) is 0 Å². The number of hydrogen-bond donors (Lipinski definition) is 1. The van der Waals surface area contributed by atoms with Crippen LogP contribution in [0, 0.1) is 11.3 Å². The van der Waals surface area contributed by atoms with Crippen LogP contribution in [0.1, 0.15) is 42.4 Å². The molecule has 1 aromatic heterocycles. The van der Waals surface area contributed by atoms with E-state index in [0.717, 1.165) is 5.69 Å². The number of amides is 1. The predicted molar refractivity (Wildman–Crippen MR) is 79.9 cm³/mol. The molecule has 1 aromatic carbocycles. The van der Waals surface area contributed by atoms with Crippen molar-refractivity contribution >= 4 is 22.4 Å². The second kappa shape index (κ2) is 5.43. The topological polar surface area (TPSA) is 65.8 Å². The first-order valence-corrected chi connectivity index (χ1v) is 7.05. The molecule has 0 radical (unpaired) electrons. The summed E-state index contributed by atoms with van der Waals surface area (Å²) >= 11 is 1.41. The van der Waals surface area contributed by atoms with E-state index in [4.69, 9.17) is 5.26 Å². The molecule has 2 aromatic rings. The van der Waals surface area contributed by atoms with Crippen molar-refractivity contribution in [2.75, 3.05) is 5.32 Å². The normalized spacial score (nSPS) is 10.9. The van der Waals surface area contributed by atoms with Crippen molar-refractivity contribution in [2.45, 2.75) is 26.2 Å². The molecule has 1 N–H and O–H groups in total. The summed E-state index contributed by atoms with van der Waals surface area (Å²) in [5.74, 6) is -0.218. The van der Waals surface area contributed by atoms with E-state index < -0.39 is 0 Å². The highest BCUT2D eigenvalue weighted by molar-refractivity contribution is 7.14. The lowest BCUT2D eigenvalue weighted by Crippen LogP contribution is -2.14. The van der Waals surface area contributed by atoms with Crippen molar-refractivity contribution in [3.05, 3.63) is 46.5 Å². The molecule has 5 heteroatoms. The van der Waals surface area contributed by atoms with E-state index in [2.05, 4.69) is 31.1 Å². The molecule has 102 valence electrons. The highest BCUT2D eigenvalue weighted by atomic mass is 32.1. The van der Waals surface area contributed by atoms with Crippen LogP contribution in [0.4, 0.5) is 5.13 Å². The van der Waals surface area contributed by atoms with Gasteiger partial charge in [-0.25, -0.2) is 4.98 Å². The van der Waals surface area contributed by atoms with Crippen molar-refractivity contribution in [3.63, 3.8) is 0 Å². The summed E-state index contributed by atoms with van der Waals surface area (Å²) in [5.41, 5.74) is 1.97. The quantitative estimate of drug-likeness (QED) is 0.917. The monoisotopic (exact) mass is 285 g/mol. The maximum atomic E-state index is 12.0. The number of aromatic nitrogens is 1. The minimum absolute atomic E-state index is 0.0338. The fourth-order valence-electron chi connectivity index (χ4n) is 1.54. The van der Waals surface area contributed by atoms with E-state index in [1.165, 1.54) is 11.3 Å². The Morgan fingerprint density at radius 1 is 1.30 bits per heavy atom. The summed E-state index contributed by atoms with van der Waals surface area (Å²) in [6, 6.07) is 8.53. The van der Waals surface area contributed by atoms with E-state index in [-0.39, 0.29) is 11.3 Å². The number of carbonyl (C=O) groups is 1. The van der Waals surface area contributed by atoms with Gasteiger partial charge in [-0.2, -0.15) is 5.26 Å². The van der Waals surface area contributed by atoms with Gasteiger partial charge in [0.2, 0.25) is 0 Å². The zero-order valence-electron chi connectivity index (χ0n) is 11.6. The lowest BCUT2D eigenvalue weighted by molar-refractivity contribution is 0.102. The maximum Gasteiger partial charge on any atom is 0.257 e. The van der Waals surface area contributed by atoms with Crippen molar-refractivity contribution in [1.82, 2.24) is 4.98 Å². The summed E-state index contributed by atoms with van der Waals surface area (Å²) in [5, 5.41) is 14.0. The molecule has 2 rings (SSSR count). The molecule has 1 heterocycles. The average Bonchev–Trinajstić information content (AvgIpc) is 2.87. The highest BCUT2D eigenvalue weighted by Gasteiger charge is 2.18. The van der Waals surface area contributed by atoms with Crippen LogP contribution in [-0.4, -0.2) is 10.9 Å². The Kier molecular flexibility index (Phi) is 3.86. The Labute approximate surface area is 122 Å². The molecule has 0 spiro atoms. The van der Waals surface area contributed by atoms with Gasteiger partial charge in [0.05, 0.1) is 17.3 Å². The van der Waals surface area contributed by atoms with E-state index in [1.807, 2.05) is 11.4 Å². The molecule has 4 nitrogen and oxygen atoms in total. The van der Waals surface area contributed by atoms with Gasteiger partial charge in [0.1, 0.15) is 0 Å². The Morgan fingerprint density at radius 2 is 1.95 bits per heavy atom. The number of benzene rings is 1. The number of thiazole rings is 1. The van der Waals surface area contributed by atoms with Gasteiger partial charge in [-0.1, -0.05) is 20.8 Å². The molecule has 0 bridgehead atoms. The molecule has 0 atom stereocenters. The van der Waals surface area contributed by atoms with Crippen LogP contribution in [0.25, 0.3) is 0 Å². The van der Waals surface area contributed by atoms with Gasteiger partial charge in [0.25, 0.3) is 5.91 Å². The lowest BCUT2D eigenvalue weighted by Gasteiger charge is -2.14. The second-order valence-corrected chi connectivity index (χ2v) is 6.29. The molecule has 0 aliphatic rings. The van der Waals surface area contributed by atoms with E-state index in [0.29, 0.717) is 16.3 Å². The van der Waals surface area contributed by atoms with Crippen molar-refractivity contribution in [2.24, 2.45) is 0 Å². The molecule has 0 saturated heterocycles. The van der Waals surface area contributed by atoms with Crippen LogP contribution >= 0.6 is 11.3 Å². The first-order valence-electron chi connectivity index (χ1n) is 6.17. The molecule has 1 amide bonds. The maximum absolute atomic E-state index is 12.0. The third kappa shape index (κ3) is 3.22. The summed E-state index contributed by atoms with van der Waals surface area (Å²) < 4.78 is 0. The minimum Gasteiger partial charge on any atom is -0.298 e. The molecular formula is C15H15N3OS. The first-order chi connectivity index (χ1) is 9.40. The van der Waals surface area contributed by atoms with Crippen LogP contribution in [0.15, 0.2) is 29.6 Å². The Hall–Kier alpha value is -2.19. The number of nitrogens with one attached hydrogen (secondary N) is 1. The summed E-state index contributed by atoms with van der Waals surface area (Å²) in [6.45, 7) is 6.23. The van der Waals surface area contributed by atoms with Gasteiger partial charge < -0.3 is 0 Å². The fraction of sp³-hybridized carbons (Fsp3) is 0.267. The smallest absolute Gasteiger partial charge is 0.257 e. The number of nitriles is 1. The Morgan fingerprint density at radius 3 is 2.45 bits per heavy atom. The van der Waals surface area contributed by atoms with Gasteiger partial charge in [0.15, 0.2) is 5.13 Å². The Bertz CT molecular complexity index is 660. The van der Waals surface area contributed by atoms with Crippen molar-refractivity contribution in [1.29, 1.82) is 5.26 Å². The van der Waals surface area contributed by atoms with Crippen molar-refractivity contribution in [3.8, 4) is 6.07 Å². The summed E-state index contributed by atoms with van der Waals surface area (Å²) in [6.07, 6.45) is 0. The zero-order chi connectivity index (χ0) is 14.8. The third-order valence-corrected chi connectivity index (χ3v) is 3.53. The summed E-state index contributed by atoms with van der Waals surface area (Å²) in [4.78, 5) is 16.5. The predicted octanol–water partition coefficient (Wildman–Crippen LogP) is 3.56. The molecule has 20 heavy (non-hydrogen) atoms. The van der Waals surface area contributed by atoms with E-state index in [9.17, 15) is 4.79 Å². The van der Waals surface area contributed by atoms with Gasteiger partial charge in [-0.15, -0.1) is 11.3 Å². The third-order valence-electron chi connectivity index (χ3n) is 2.77. The van der Waals surface area contributed by atoms with Gasteiger partial charge >= 0.3 is 0 Å². The average molecular weight is 285 g/mol. The van der Waals surface area contributed by atoms with Crippen molar-refractivity contribution < 1.29 is 4.79 Å². The van der Waals surface area contributed by atoms with Gasteiger partial charge in [-0.3, -0.25) is 10.1 Å². The minimum atomic E-state index is -0.218. The van der Waals surface area contributed by atoms with Crippen LogP contribution in [0.3, 0.4) is 0 Å². The molecule has 0 aliphatic carbocycles. The number of nitrogens with zero attached hydrogens (tertiary/aromatic N) is 2. The zero-order valence-corrected chi connectivity index (χ0v) is 12.4. The lowest BCUT2D eigenvalue weighted by atomic mass is 9.93. The van der Waals surface area contributed by atoms with E-state index >= 15 is 0 Å². The second-order valence-electron chi connectivity index (χ2n) is 5.43. The summed E-state index contributed by atoms with van der Waals surface area (Å²) in [7, 11) is 0. The Balaban J connectivity index is 2.11. The fourth-order valence-corrected chi connectivity index (χ4v) is 2.47. The molecule has 0 unspecified atom stereocenters. The first kappa shape index (κ1) is 14.2. The van der Waals surface area contributed by atoms with Crippen LogP contribution in [0.5, 0.6) is 0 Å². The molecular weight excluding hydrogens is 270 g/mol. The SMILES string of the molecule is CC(C)(C)c1csc(NC(=O)c2ccc(C#N)cc2)n1. The van der Waals surface area contributed by atoms with E-state index in [1.54, 1.807) is 24.3 Å². The molecule has 0 saturated carbocycles. The highest BCUT2D eigenvalue weighted by Crippen LogP contribution is 2.26. The number of carbonyl (C=O) groups excluding carboxylic acids is 1. The number of hydrogen-bond acceptors (Lipinski definition) is 4. The van der Waals surface area contributed by atoms with Crippen LogP contribution in [-0.2, 0) is 5.41 Å². The van der Waals surface area contributed by atoms with Gasteiger partial charge in [-0.05, 0) is 24.3 Å². The van der Waals surface area contributed by atoms with Crippen LogP contribution < -0.4 is 5.32 Å². The van der Waals surface area contributed by atoms with Gasteiger partial charge in [0, 0.05) is 16.4 Å². The largest absolute Gasteiger partial charge is 0.298 e.